The van der Waals surface area contributed by atoms with Gasteiger partial charge in [-0.15, -0.1) is 0 Å². The van der Waals surface area contributed by atoms with Crippen LogP contribution in [-0.4, -0.2) is 29.0 Å². The molecular weight excluding hydrogens is 166 g/mol. The Labute approximate surface area is 77.9 Å². The first-order valence-electron chi connectivity index (χ1n) is 4.66. The lowest BCUT2D eigenvalue weighted by Crippen LogP contribution is -2.40. The molecule has 13 heavy (non-hydrogen) atoms. The van der Waals surface area contributed by atoms with Gasteiger partial charge in [-0.2, -0.15) is 5.10 Å². The normalized spacial score (nSPS) is 17.1. The van der Waals surface area contributed by atoms with Crippen molar-refractivity contribution in [2.24, 2.45) is 7.05 Å². The molecule has 2 rings (SSSR count). The number of hydrogen-bond acceptors (Lipinski definition) is 3. The van der Waals surface area contributed by atoms with E-state index in [1.165, 1.54) is 0 Å². The molecule has 1 aliphatic rings. The third-order valence-corrected chi connectivity index (χ3v) is 2.24. The fraction of sp³-hybridized carbons (Fsp3) is 0.667. The van der Waals surface area contributed by atoms with E-state index in [-0.39, 0.29) is 0 Å². The topological polar surface area (TPSA) is 39.1 Å². The summed E-state index contributed by atoms with van der Waals surface area (Å²) in [6.45, 7) is 3.75. The highest BCUT2D eigenvalue weighted by Crippen LogP contribution is 2.17. The van der Waals surface area contributed by atoms with Gasteiger partial charge in [-0.05, 0) is 6.42 Å². The van der Waals surface area contributed by atoms with Crippen molar-refractivity contribution in [3.05, 3.63) is 11.9 Å². The summed E-state index contributed by atoms with van der Waals surface area (Å²) in [4.78, 5) is 0. The third-order valence-electron chi connectivity index (χ3n) is 2.24. The monoisotopic (exact) mass is 181 g/mol. The van der Waals surface area contributed by atoms with Crippen LogP contribution in [0, 0.1) is 0 Å². The zero-order valence-electron chi connectivity index (χ0n) is 8.08. The smallest absolute Gasteiger partial charge is 0.0853 e. The van der Waals surface area contributed by atoms with E-state index in [1.807, 2.05) is 17.9 Å². The molecule has 0 unspecified atom stereocenters. The van der Waals surface area contributed by atoms with Gasteiger partial charge >= 0.3 is 0 Å². The van der Waals surface area contributed by atoms with Crippen molar-refractivity contribution >= 4 is 5.69 Å². The van der Waals surface area contributed by atoms with Gasteiger partial charge in [0.25, 0.3) is 0 Å². The van der Waals surface area contributed by atoms with Crippen LogP contribution >= 0.6 is 0 Å². The first-order valence-corrected chi connectivity index (χ1v) is 4.66. The Kier molecular flexibility index (Phi) is 2.22. The fourth-order valence-electron chi connectivity index (χ4n) is 1.46. The zero-order valence-corrected chi connectivity index (χ0v) is 8.08. The highest BCUT2D eigenvalue weighted by atomic mass is 16.5. The molecule has 0 amide bonds. The lowest BCUT2D eigenvalue weighted by Gasteiger charge is -2.27. The molecule has 1 aliphatic heterocycles. The number of ether oxygens (including phenoxy) is 1. The van der Waals surface area contributed by atoms with E-state index in [4.69, 9.17) is 4.74 Å². The van der Waals surface area contributed by atoms with Gasteiger partial charge in [0, 0.05) is 13.2 Å². The van der Waals surface area contributed by atoms with Crippen molar-refractivity contribution in [1.82, 2.24) is 9.78 Å². The van der Waals surface area contributed by atoms with Gasteiger partial charge in [-0.25, -0.2) is 0 Å². The average molecular weight is 181 g/mol. The molecule has 0 spiro atoms. The van der Waals surface area contributed by atoms with E-state index >= 15 is 0 Å². The quantitative estimate of drug-likeness (QED) is 0.749. The standard InChI is InChI=1S/C9H15N3O/c1-3-8-9(4-12(2)11-8)10-7-5-13-6-7/h4,7,10H,3,5-6H2,1-2H3. The van der Waals surface area contributed by atoms with Gasteiger partial charge in [0.15, 0.2) is 0 Å². The Bertz CT molecular complexity index is 291. The van der Waals surface area contributed by atoms with E-state index in [9.17, 15) is 0 Å². The summed E-state index contributed by atoms with van der Waals surface area (Å²) in [6.07, 6.45) is 2.99. The Hall–Kier alpha value is -1.03. The van der Waals surface area contributed by atoms with Crippen LogP contribution in [0.1, 0.15) is 12.6 Å². The van der Waals surface area contributed by atoms with Crippen LogP contribution < -0.4 is 5.32 Å². The summed E-state index contributed by atoms with van der Waals surface area (Å²) in [7, 11) is 1.95. The molecule has 0 radical (unpaired) electrons. The van der Waals surface area contributed by atoms with E-state index in [0.717, 1.165) is 31.0 Å². The van der Waals surface area contributed by atoms with Gasteiger partial charge in [-0.3, -0.25) is 4.68 Å². The van der Waals surface area contributed by atoms with Gasteiger partial charge in [0.05, 0.1) is 30.6 Å². The molecule has 1 saturated heterocycles. The zero-order chi connectivity index (χ0) is 9.26. The highest BCUT2D eigenvalue weighted by molar-refractivity contribution is 5.47. The summed E-state index contributed by atoms with van der Waals surface area (Å²) < 4.78 is 6.95. The molecule has 2 heterocycles. The molecule has 4 heteroatoms. The van der Waals surface area contributed by atoms with Crippen molar-refractivity contribution in [3.63, 3.8) is 0 Å². The second kappa shape index (κ2) is 3.38. The summed E-state index contributed by atoms with van der Waals surface area (Å²) in [5.41, 5.74) is 2.28. The SMILES string of the molecule is CCc1nn(C)cc1NC1COC1. The summed E-state index contributed by atoms with van der Waals surface area (Å²) in [5.74, 6) is 0. The molecule has 1 aromatic rings. The second-order valence-corrected chi connectivity index (χ2v) is 3.40. The minimum absolute atomic E-state index is 0.481. The maximum absolute atomic E-state index is 5.10. The number of nitrogens with one attached hydrogen (secondary N) is 1. The van der Waals surface area contributed by atoms with E-state index < -0.39 is 0 Å². The second-order valence-electron chi connectivity index (χ2n) is 3.40. The number of rotatable bonds is 3. The van der Waals surface area contributed by atoms with E-state index in [0.29, 0.717) is 6.04 Å². The summed E-state index contributed by atoms with van der Waals surface area (Å²) >= 11 is 0. The molecular formula is C9H15N3O. The van der Waals surface area contributed by atoms with Gasteiger partial charge < -0.3 is 10.1 Å². The Morgan fingerprint density at radius 2 is 2.46 bits per heavy atom. The van der Waals surface area contributed by atoms with Crippen LogP contribution in [0.4, 0.5) is 5.69 Å². The number of aryl methyl sites for hydroxylation is 2. The molecule has 72 valence electrons. The minimum atomic E-state index is 0.481. The minimum Gasteiger partial charge on any atom is -0.377 e. The fourth-order valence-corrected chi connectivity index (χ4v) is 1.46. The lowest BCUT2D eigenvalue weighted by atomic mass is 10.2. The number of anilines is 1. The first-order chi connectivity index (χ1) is 6.29. The molecule has 0 bridgehead atoms. The lowest BCUT2D eigenvalue weighted by molar-refractivity contribution is 0.0211. The van der Waals surface area contributed by atoms with Crippen LogP contribution in [0.2, 0.25) is 0 Å². The van der Waals surface area contributed by atoms with E-state index in [1.54, 1.807) is 0 Å². The summed E-state index contributed by atoms with van der Waals surface area (Å²) in [6, 6.07) is 0.481. The van der Waals surface area contributed by atoms with Gasteiger partial charge in [0.2, 0.25) is 0 Å². The van der Waals surface area contributed by atoms with Crippen molar-refractivity contribution in [2.75, 3.05) is 18.5 Å². The largest absolute Gasteiger partial charge is 0.377 e. The number of aromatic nitrogens is 2. The van der Waals surface area contributed by atoms with Crippen LogP contribution in [0.5, 0.6) is 0 Å². The average Bonchev–Trinajstić information content (AvgIpc) is 2.38. The highest BCUT2D eigenvalue weighted by Gasteiger charge is 2.19. The molecule has 1 N–H and O–H groups in total. The molecule has 4 nitrogen and oxygen atoms in total. The van der Waals surface area contributed by atoms with Gasteiger partial charge in [-0.1, -0.05) is 6.92 Å². The van der Waals surface area contributed by atoms with E-state index in [2.05, 4.69) is 17.3 Å². The predicted molar refractivity (Wildman–Crippen MR) is 50.8 cm³/mol. The Balaban J connectivity index is 2.08. The van der Waals surface area contributed by atoms with Crippen molar-refractivity contribution in [1.29, 1.82) is 0 Å². The van der Waals surface area contributed by atoms with Crippen LogP contribution in [-0.2, 0) is 18.2 Å². The van der Waals surface area contributed by atoms with Crippen molar-refractivity contribution < 1.29 is 4.74 Å². The first kappa shape index (κ1) is 8.56. The van der Waals surface area contributed by atoms with Crippen LogP contribution in [0.3, 0.4) is 0 Å². The Morgan fingerprint density at radius 1 is 1.69 bits per heavy atom. The number of nitrogens with zero attached hydrogens (tertiary/aromatic N) is 2. The molecule has 0 aromatic carbocycles. The molecule has 1 aromatic heterocycles. The third kappa shape index (κ3) is 1.67. The summed E-state index contributed by atoms with van der Waals surface area (Å²) in [5, 5.41) is 7.76. The maximum atomic E-state index is 5.10. The molecule has 1 fully saturated rings. The molecule has 0 aliphatic carbocycles. The molecule has 0 saturated carbocycles. The maximum Gasteiger partial charge on any atom is 0.0853 e. The Morgan fingerprint density at radius 3 is 3.00 bits per heavy atom. The predicted octanol–water partition coefficient (Wildman–Crippen LogP) is 0.793. The van der Waals surface area contributed by atoms with Crippen LogP contribution in [0.15, 0.2) is 6.20 Å². The number of hydrogen-bond donors (Lipinski definition) is 1. The van der Waals surface area contributed by atoms with Crippen LogP contribution in [0.25, 0.3) is 0 Å². The van der Waals surface area contributed by atoms with Crippen molar-refractivity contribution in [2.45, 2.75) is 19.4 Å². The van der Waals surface area contributed by atoms with Crippen molar-refractivity contribution in [3.8, 4) is 0 Å². The van der Waals surface area contributed by atoms with Gasteiger partial charge in [0.1, 0.15) is 0 Å². The molecule has 0 atom stereocenters.